The molecule has 0 amide bonds. The van der Waals surface area contributed by atoms with Crippen LogP contribution in [-0.2, 0) is 19.2 Å². The second-order valence-electron chi connectivity index (χ2n) is 8.02. The third-order valence-corrected chi connectivity index (χ3v) is 5.77. The van der Waals surface area contributed by atoms with Gasteiger partial charge < -0.3 is 15.2 Å². The summed E-state index contributed by atoms with van der Waals surface area (Å²) < 4.78 is 3.42. The molecule has 0 aliphatic rings. The fourth-order valence-corrected chi connectivity index (χ4v) is 4.06. The molecular formula is C24H24N6O2. The van der Waals surface area contributed by atoms with E-state index in [1.54, 1.807) is 22.5 Å². The van der Waals surface area contributed by atoms with Gasteiger partial charge in [-0.1, -0.05) is 30.3 Å². The van der Waals surface area contributed by atoms with Gasteiger partial charge in [-0.3, -0.25) is 9.36 Å². The highest BCUT2D eigenvalue weighted by molar-refractivity contribution is 5.94. The Kier molecular flexibility index (Phi) is 4.88. The van der Waals surface area contributed by atoms with Crippen molar-refractivity contribution in [3.8, 4) is 22.4 Å². The number of hydrogen-bond acceptors (Lipinski definition) is 5. The van der Waals surface area contributed by atoms with Crippen molar-refractivity contribution in [1.82, 2.24) is 29.5 Å². The van der Waals surface area contributed by atoms with Gasteiger partial charge in [0.2, 0.25) is 0 Å². The predicted octanol–water partition coefficient (Wildman–Crippen LogP) is 3.08. The van der Waals surface area contributed by atoms with Gasteiger partial charge in [-0.05, 0) is 24.6 Å². The van der Waals surface area contributed by atoms with Gasteiger partial charge in [0.05, 0.1) is 30.7 Å². The van der Waals surface area contributed by atoms with E-state index < -0.39 is 5.60 Å². The largest absolute Gasteiger partial charge is 0.394 e. The molecule has 3 N–H and O–H groups in total. The van der Waals surface area contributed by atoms with Crippen molar-refractivity contribution >= 4 is 11.0 Å². The number of aliphatic hydroxyl groups is 2. The topological polar surface area (TPSA) is 105 Å². The van der Waals surface area contributed by atoms with Gasteiger partial charge in [0.25, 0.3) is 0 Å². The number of nitrogens with one attached hydrogen (secondary N) is 1. The van der Waals surface area contributed by atoms with Crippen molar-refractivity contribution in [3.63, 3.8) is 0 Å². The number of aromatic nitrogens is 6. The summed E-state index contributed by atoms with van der Waals surface area (Å²) in [5.74, 6) is 0. The van der Waals surface area contributed by atoms with E-state index in [0.29, 0.717) is 11.4 Å². The molecule has 1 unspecified atom stereocenters. The second kappa shape index (κ2) is 7.74. The molecular weight excluding hydrogens is 404 g/mol. The van der Waals surface area contributed by atoms with Crippen LogP contribution in [0.2, 0.25) is 0 Å². The fraction of sp³-hybridized carbons (Fsp3) is 0.208. The predicted molar refractivity (Wildman–Crippen MR) is 122 cm³/mol. The maximum absolute atomic E-state index is 11.4. The van der Waals surface area contributed by atoms with Crippen LogP contribution >= 0.6 is 0 Å². The highest BCUT2D eigenvalue weighted by Crippen LogP contribution is 2.35. The van der Waals surface area contributed by atoms with Crippen molar-refractivity contribution in [1.29, 1.82) is 0 Å². The summed E-state index contributed by atoms with van der Waals surface area (Å²) >= 11 is 0. The lowest BCUT2D eigenvalue weighted by atomic mass is 9.92. The minimum Gasteiger partial charge on any atom is -0.394 e. The number of aliphatic hydroxyl groups excluding tert-OH is 1. The van der Waals surface area contributed by atoms with Gasteiger partial charge in [-0.2, -0.15) is 10.2 Å². The second-order valence-corrected chi connectivity index (χ2v) is 8.02. The molecule has 0 bridgehead atoms. The maximum Gasteiger partial charge on any atom is 0.137 e. The Balaban J connectivity index is 1.63. The summed E-state index contributed by atoms with van der Waals surface area (Å²) in [5, 5.41) is 30.9. The van der Waals surface area contributed by atoms with Crippen LogP contribution in [0.15, 0.2) is 67.3 Å². The van der Waals surface area contributed by atoms with Crippen molar-refractivity contribution in [2.24, 2.45) is 7.05 Å². The summed E-state index contributed by atoms with van der Waals surface area (Å²) in [6.07, 6.45) is 7.44. The van der Waals surface area contributed by atoms with Gasteiger partial charge in [-0.15, -0.1) is 0 Å². The first-order valence-corrected chi connectivity index (χ1v) is 10.4. The molecule has 162 valence electrons. The maximum atomic E-state index is 11.4. The van der Waals surface area contributed by atoms with Crippen LogP contribution in [0.3, 0.4) is 0 Å². The van der Waals surface area contributed by atoms with Crippen LogP contribution in [0.5, 0.6) is 0 Å². The van der Waals surface area contributed by atoms with E-state index in [9.17, 15) is 10.2 Å². The number of pyridine rings is 1. The molecule has 0 saturated heterocycles. The fourth-order valence-electron chi connectivity index (χ4n) is 4.06. The molecule has 8 heteroatoms. The van der Waals surface area contributed by atoms with Crippen molar-refractivity contribution in [2.75, 3.05) is 6.61 Å². The van der Waals surface area contributed by atoms with Crippen molar-refractivity contribution < 1.29 is 10.2 Å². The Hall–Kier alpha value is -3.75. The van der Waals surface area contributed by atoms with E-state index in [1.165, 1.54) is 0 Å². The number of rotatable bonds is 6. The minimum atomic E-state index is -1.27. The standard InChI is InChI=1S/C24H24N6O2/c1-24(32,18-6-4-3-5-7-18)22-11-21(28-30(22)8-9-31)20-14-26-23-19(20)10-16(12-25-23)17-13-27-29(2)15-17/h3-7,10-15,31-32H,8-9H2,1-2H3,(H,25,26). The zero-order valence-electron chi connectivity index (χ0n) is 17.9. The summed E-state index contributed by atoms with van der Waals surface area (Å²) in [7, 11) is 1.88. The molecule has 0 aliphatic carbocycles. The monoisotopic (exact) mass is 428 g/mol. The molecule has 0 spiro atoms. The molecule has 0 saturated carbocycles. The van der Waals surface area contributed by atoms with Crippen LogP contribution in [-0.4, -0.2) is 46.3 Å². The average Bonchev–Trinajstić information content (AvgIpc) is 3.52. The Morgan fingerprint density at radius 1 is 1.09 bits per heavy atom. The first kappa shape index (κ1) is 20.2. The molecule has 5 rings (SSSR count). The first-order chi connectivity index (χ1) is 15.5. The molecule has 5 aromatic rings. The highest BCUT2D eigenvalue weighted by Gasteiger charge is 2.31. The molecule has 4 heterocycles. The number of hydrogen-bond donors (Lipinski definition) is 3. The third kappa shape index (κ3) is 3.39. The summed E-state index contributed by atoms with van der Waals surface area (Å²) in [6, 6.07) is 13.4. The average molecular weight is 428 g/mol. The summed E-state index contributed by atoms with van der Waals surface area (Å²) in [4.78, 5) is 7.77. The van der Waals surface area contributed by atoms with Crippen molar-refractivity contribution in [2.45, 2.75) is 19.1 Å². The normalized spacial score (nSPS) is 13.5. The van der Waals surface area contributed by atoms with E-state index in [4.69, 9.17) is 5.10 Å². The van der Waals surface area contributed by atoms with Crippen LogP contribution in [0, 0.1) is 0 Å². The van der Waals surface area contributed by atoms with E-state index in [2.05, 4.69) is 21.1 Å². The summed E-state index contributed by atoms with van der Waals surface area (Å²) in [6.45, 7) is 1.94. The lowest BCUT2D eigenvalue weighted by Gasteiger charge is -2.24. The Labute approximate surface area is 184 Å². The van der Waals surface area contributed by atoms with E-state index in [1.807, 2.05) is 62.0 Å². The quantitative estimate of drug-likeness (QED) is 0.386. The van der Waals surface area contributed by atoms with Crippen LogP contribution in [0.25, 0.3) is 33.4 Å². The molecule has 1 aromatic carbocycles. The van der Waals surface area contributed by atoms with Gasteiger partial charge in [0, 0.05) is 47.7 Å². The molecule has 0 radical (unpaired) electrons. The lowest BCUT2D eigenvalue weighted by Crippen LogP contribution is -2.27. The molecule has 8 nitrogen and oxygen atoms in total. The number of nitrogens with zero attached hydrogens (tertiary/aromatic N) is 5. The molecule has 4 aromatic heterocycles. The number of H-pyrrole nitrogens is 1. The molecule has 0 aliphatic heterocycles. The SMILES string of the molecule is Cn1cc(-c2cnc3[nH]cc(-c4cc(C(C)(O)c5ccccc5)n(CCO)n4)c3c2)cn1. The van der Waals surface area contributed by atoms with Crippen LogP contribution < -0.4 is 0 Å². The van der Waals surface area contributed by atoms with E-state index in [0.717, 1.165) is 33.3 Å². The number of fused-ring (bicyclic) bond motifs is 1. The lowest BCUT2D eigenvalue weighted by molar-refractivity contribution is 0.0899. The molecule has 32 heavy (non-hydrogen) atoms. The molecule has 1 atom stereocenters. The van der Waals surface area contributed by atoms with Gasteiger partial charge in [0.1, 0.15) is 11.2 Å². The highest BCUT2D eigenvalue weighted by atomic mass is 16.3. The van der Waals surface area contributed by atoms with Gasteiger partial charge in [-0.25, -0.2) is 4.98 Å². The van der Waals surface area contributed by atoms with Crippen LogP contribution in [0.1, 0.15) is 18.2 Å². The Morgan fingerprint density at radius 3 is 2.62 bits per heavy atom. The number of benzene rings is 1. The smallest absolute Gasteiger partial charge is 0.137 e. The van der Waals surface area contributed by atoms with E-state index in [-0.39, 0.29) is 13.2 Å². The first-order valence-electron chi connectivity index (χ1n) is 10.4. The number of aryl methyl sites for hydroxylation is 1. The Bertz CT molecular complexity index is 1380. The van der Waals surface area contributed by atoms with Gasteiger partial charge in [0.15, 0.2) is 0 Å². The van der Waals surface area contributed by atoms with E-state index >= 15 is 0 Å². The van der Waals surface area contributed by atoms with Crippen LogP contribution in [0.4, 0.5) is 0 Å². The zero-order valence-corrected chi connectivity index (χ0v) is 17.9. The van der Waals surface area contributed by atoms with Crippen molar-refractivity contribution in [3.05, 3.63) is 78.5 Å². The van der Waals surface area contributed by atoms with Gasteiger partial charge >= 0.3 is 0 Å². The minimum absolute atomic E-state index is 0.0837. The third-order valence-electron chi connectivity index (χ3n) is 5.77. The number of aromatic amines is 1. The zero-order chi connectivity index (χ0) is 22.3. The Morgan fingerprint density at radius 2 is 1.91 bits per heavy atom. The summed E-state index contributed by atoms with van der Waals surface area (Å²) in [5.41, 5.74) is 4.35. The molecule has 0 fully saturated rings.